The lowest BCUT2D eigenvalue weighted by Gasteiger charge is -2.39. The van der Waals surface area contributed by atoms with Crippen LogP contribution in [-0.2, 0) is 25.5 Å². The number of ketones is 1. The van der Waals surface area contributed by atoms with Gasteiger partial charge in [0, 0.05) is 16.5 Å². The van der Waals surface area contributed by atoms with Crippen LogP contribution in [0.1, 0.15) is 43.5 Å². The van der Waals surface area contributed by atoms with Crippen molar-refractivity contribution in [2.24, 2.45) is 0 Å². The standard InChI is InChI=1S/C17H26NOS.CH4O4S/c1-17(2,18-12-6-5-7-13-18)16(19)14-8-10-15(11-9-14)20(3)4;1-5-6(2,3)4/h8-11H,5-7,12-13H2,1-4H3;1H3,(H,2,3,4)/q+1;/p-1. The van der Waals surface area contributed by atoms with E-state index in [1.54, 1.807) is 0 Å². The summed E-state index contributed by atoms with van der Waals surface area (Å²) in [4.78, 5) is 16.5. The van der Waals surface area contributed by atoms with Gasteiger partial charge in [0.1, 0.15) is 12.5 Å². The van der Waals surface area contributed by atoms with Gasteiger partial charge in [-0.3, -0.25) is 13.9 Å². The fourth-order valence-electron chi connectivity index (χ4n) is 2.83. The van der Waals surface area contributed by atoms with Crippen molar-refractivity contribution in [3.8, 4) is 0 Å². The molecular formula is C18H29NO5S2. The Morgan fingerprint density at radius 1 is 1.12 bits per heavy atom. The van der Waals surface area contributed by atoms with E-state index >= 15 is 0 Å². The molecule has 1 aliphatic heterocycles. The molecule has 0 bridgehead atoms. The van der Waals surface area contributed by atoms with Crippen LogP contribution < -0.4 is 0 Å². The van der Waals surface area contributed by atoms with Crippen LogP contribution in [0.3, 0.4) is 0 Å². The van der Waals surface area contributed by atoms with Crippen LogP contribution in [0.15, 0.2) is 29.2 Å². The molecule has 0 unspecified atom stereocenters. The summed E-state index contributed by atoms with van der Waals surface area (Å²) in [6.07, 6.45) is 8.13. The molecular weight excluding hydrogens is 374 g/mol. The monoisotopic (exact) mass is 403 g/mol. The molecule has 148 valence electrons. The maximum atomic E-state index is 12.8. The largest absolute Gasteiger partial charge is 0.726 e. The minimum Gasteiger partial charge on any atom is -0.726 e. The van der Waals surface area contributed by atoms with Crippen molar-refractivity contribution >= 4 is 27.1 Å². The van der Waals surface area contributed by atoms with Crippen LogP contribution in [0.25, 0.3) is 0 Å². The van der Waals surface area contributed by atoms with Gasteiger partial charge in [0.15, 0.2) is 10.7 Å². The van der Waals surface area contributed by atoms with E-state index in [9.17, 15) is 17.8 Å². The van der Waals surface area contributed by atoms with Gasteiger partial charge >= 0.3 is 0 Å². The maximum absolute atomic E-state index is 12.8. The Hall–Kier alpha value is -0.930. The first-order chi connectivity index (χ1) is 12.0. The van der Waals surface area contributed by atoms with E-state index in [1.807, 2.05) is 12.1 Å². The molecule has 0 saturated carbocycles. The average molecular weight is 404 g/mol. The fourth-order valence-corrected chi connectivity index (χ4v) is 3.51. The lowest BCUT2D eigenvalue weighted by molar-refractivity contribution is 0.0579. The van der Waals surface area contributed by atoms with E-state index < -0.39 is 10.4 Å². The maximum Gasteiger partial charge on any atom is 0.217 e. The molecule has 8 heteroatoms. The van der Waals surface area contributed by atoms with Crippen LogP contribution in [0.2, 0.25) is 0 Å². The molecule has 0 amide bonds. The molecule has 1 saturated heterocycles. The first kappa shape index (κ1) is 23.1. The Morgan fingerprint density at radius 3 is 1.96 bits per heavy atom. The summed E-state index contributed by atoms with van der Waals surface area (Å²) in [7, 11) is -3.35. The zero-order valence-electron chi connectivity index (χ0n) is 16.1. The van der Waals surface area contributed by atoms with Gasteiger partial charge in [-0.1, -0.05) is 6.42 Å². The van der Waals surface area contributed by atoms with Gasteiger partial charge in [0.25, 0.3) is 0 Å². The third kappa shape index (κ3) is 7.00. The van der Waals surface area contributed by atoms with Crippen LogP contribution in [-0.4, -0.2) is 61.9 Å². The van der Waals surface area contributed by atoms with Gasteiger partial charge in [0.2, 0.25) is 10.4 Å². The van der Waals surface area contributed by atoms with E-state index in [2.05, 4.69) is 47.6 Å². The molecule has 1 aliphatic rings. The number of carbonyl (C=O) groups excluding carboxylic acids is 1. The Balaban J connectivity index is 0.000000487. The quantitative estimate of drug-likeness (QED) is 0.325. The summed E-state index contributed by atoms with van der Waals surface area (Å²) in [6.45, 7) is 6.23. The summed E-state index contributed by atoms with van der Waals surface area (Å²) in [5.41, 5.74) is 0.456. The summed E-state index contributed by atoms with van der Waals surface area (Å²) in [5.74, 6) is 0.248. The van der Waals surface area contributed by atoms with Gasteiger partial charge in [-0.25, -0.2) is 8.42 Å². The molecule has 0 spiro atoms. The van der Waals surface area contributed by atoms with Crippen LogP contribution >= 0.6 is 0 Å². The normalized spacial score (nSPS) is 16.1. The second kappa shape index (κ2) is 9.85. The predicted octanol–water partition coefficient (Wildman–Crippen LogP) is 2.46. The highest BCUT2D eigenvalue weighted by molar-refractivity contribution is 7.95. The third-order valence-corrected chi connectivity index (χ3v) is 6.12. The lowest BCUT2D eigenvalue weighted by atomic mass is 9.89. The molecule has 1 heterocycles. The van der Waals surface area contributed by atoms with Gasteiger partial charge < -0.3 is 4.55 Å². The minimum absolute atomic E-state index is 0.248. The van der Waals surface area contributed by atoms with E-state index in [4.69, 9.17) is 0 Å². The van der Waals surface area contributed by atoms with Gasteiger partial charge in [-0.2, -0.15) is 0 Å². The van der Waals surface area contributed by atoms with E-state index in [-0.39, 0.29) is 22.2 Å². The van der Waals surface area contributed by atoms with Crippen molar-refractivity contribution < 1.29 is 21.9 Å². The Kier molecular flexibility index (Phi) is 8.75. The molecule has 6 nitrogen and oxygen atoms in total. The summed E-state index contributed by atoms with van der Waals surface area (Å²) in [5, 5.41) is 0. The van der Waals surface area contributed by atoms with E-state index in [0.717, 1.165) is 25.8 Å². The average Bonchev–Trinajstić information content (AvgIpc) is 2.61. The van der Waals surface area contributed by atoms with Crippen molar-refractivity contribution in [3.05, 3.63) is 29.8 Å². The number of benzene rings is 1. The van der Waals surface area contributed by atoms with E-state index in [1.165, 1.54) is 24.2 Å². The number of rotatable bonds is 5. The van der Waals surface area contributed by atoms with Gasteiger partial charge in [-0.15, -0.1) is 0 Å². The highest BCUT2D eigenvalue weighted by Crippen LogP contribution is 2.25. The molecule has 0 N–H and O–H groups in total. The molecule has 2 rings (SSSR count). The number of likely N-dealkylation sites (tertiary alicyclic amines) is 1. The lowest BCUT2D eigenvalue weighted by Crippen LogP contribution is -2.52. The Morgan fingerprint density at radius 2 is 1.58 bits per heavy atom. The highest BCUT2D eigenvalue weighted by atomic mass is 32.3. The van der Waals surface area contributed by atoms with Crippen molar-refractivity contribution in [1.82, 2.24) is 4.90 Å². The fraction of sp³-hybridized carbons (Fsp3) is 0.611. The summed E-state index contributed by atoms with van der Waals surface area (Å²) >= 11 is 0. The predicted molar refractivity (Wildman–Crippen MR) is 104 cm³/mol. The summed E-state index contributed by atoms with van der Waals surface area (Å²) in [6, 6.07) is 8.19. The van der Waals surface area contributed by atoms with Crippen LogP contribution in [0, 0.1) is 0 Å². The van der Waals surface area contributed by atoms with E-state index in [0.29, 0.717) is 0 Å². The molecule has 0 aliphatic carbocycles. The number of hydrogen-bond donors (Lipinski definition) is 0. The van der Waals surface area contributed by atoms with Gasteiger partial charge in [-0.05, 0) is 64.0 Å². The summed E-state index contributed by atoms with van der Waals surface area (Å²) < 4.78 is 31.0. The van der Waals surface area contributed by atoms with Crippen molar-refractivity contribution in [3.63, 3.8) is 0 Å². The molecule has 1 aromatic rings. The molecule has 1 fully saturated rings. The second-order valence-electron chi connectivity index (χ2n) is 6.85. The Bertz CT molecular complexity index is 678. The Labute approximate surface area is 160 Å². The third-order valence-electron chi connectivity index (χ3n) is 4.49. The molecule has 0 atom stereocenters. The first-order valence-corrected chi connectivity index (χ1v) is 11.9. The first-order valence-electron chi connectivity index (χ1n) is 8.48. The van der Waals surface area contributed by atoms with Gasteiger partial charge in [0.05, 0.1) is 12.6 Å². The number of carbonyl (C=O) groups is 1. The second-order valence-corrected chi connectivity index (χ2v) is 10.1. The number of Topliss-reactive ketones (excluding diaryl/α,β-unsaturated/α-hetero) is 1. The molecule has 0 radical (unpaired) electrons. The molecule has 1 aromatic carbocycles. The topological polar surface area (TPSA) is 86.7 Å². The zero-order chi connectivity index (χ0) is 20.0. The van der Waals surface area contributed by atoms with Crippen LogP contribution in [0.4, 0.5) is 0 Å². The van der Waals surface area contributed by atoms with Crippen LogP contribution in [0.5, 0.6) is 0 Å². The number of piperidine rings is 1. The minimum atomic E-state index is -4.41. The number of nitrogens with zero attached hydrogens (tertiary/aromatic N) is 1. The highest BCUT2D eigenvalue weighted by Gasteiger charge is 2.35. The number of hydrogen-bond acceptors (Lipinski definition) is 6. The molecule has 26 heavy (non-hydrogen) atoms. The SMILES string of the molecule is COS(=O)(=O)[O-].C[S+](C)c1ccc(C(=O)C(C)(C)N2CCCCC2)cc1. The van der Waals surface area contributed by atoms with Crippen molar-refractivity contribution in [2.75, 3.05) is 32.7 Å². The zero-order valence-corrected chi connectivity index (χ0v) is 17.8. The van der Waals surface area contributed by atoms with Crippen molar-refractivity contribution in [1.29, 1.82) is 0 Å². The van der Waals surface area contributed by atoms with Crippen molar-refractivity contribution in [2.45, 2.75) is 43.5 Å². The molecule has 0 aromatic heterocycles. The smallest absolute Gasteiger partial charge is 0.217 e.